The summed E-state index contributed by atoms with van der Waals surface area (Å²) in [5.74, 6) is 2.26. The van der Waals surface area contributed by atoms with E-state index in [-0.39, 0.29) is 0 Å². The van der Waals surface area contributed by atoms with Gasteiger partial charge in [0.2, 0.25) is 5.95 Å². The molecule has 0 fully saturated rings. The van der Waals surface area contributed by atoms with Gasteiger partial charge in [0.25, 0.3) is 0 Å². The highest BCUT2D eigenvalue weighted by Gasteiger charge is 2.08. The molecule has 1 aromatic heterocycles. The van der Waals surface area contributed by atoms with Crippen molar-refractivity contribution in [1.29, 1.82) is 0 Å². The fourth-order valence-electron chi connectivity index (χ4n) is 2.43. The van der Waals surface area contributed by atoms with Gasteiger partial charge < -0.3 is 25.0 Å². The monoisotopic (exact) mass is 366 g/mol. The fourth-order valence-corrected chi connectivity index (χ4v) is 2.43. The minimum atomic E-state index is 0.355. The van der Waals surface area contributed by atoms with Crippen LogP contribution in [0.2, 0.25) is 0 Å². The second-order valence-corrected chi connectivity index (χ2v) is 5.92. The van der Waals surface area contributed by atoms with Crippen LogP contribution < -0.4 is 25.0 Å². The minimum Gasteiger partial charge on any atom is -0.497 e. The Balaban J connectivity index is 1.76. The van der Waals surface area contributed by atoms with E-state index in [4.69, 9.17) is 9.47 Å². The molecule has 0 bridgehead atoms. The highest BCUT2D eigenvalue weighted by atomic mass is 16.5. The first-order valence-corrected chi connectivity index (χ1v) is 8.32. The Morgan fingerprint density at radius 3 is 2.37 bits per heavy atom. The van der Waals surface area contributed by atoms with E-state index in [0.717, 1.165) is 11.4 Å². The molecule has 2 aromatic carbocycles. The number of anilines is 5. The third kappa shape index (κ3) is 4.55. The molecule has 3 rings (SSSR count). The number of rotatable bonds is 7. The Bertz CT molecular complexity index is 899. The molecule has 8 nitrogen and oxygen atoms in total. The third-order valence-corrected chi connectivity index (χ3v) is 3.87. The smallest absolute Gasteiger partial charge is 0.249 e. The zero-order chi connectivity index (χ0) is 19.2. The molecule has 0 saturated heterocycles. The van der Waals surface area contributed by atoms with Crippen molar-refractivity contribution in [2.75, 3.05) is 43.8 Å². The first kappa shape index (κ1) is 18.2. The van der Waals surface area contributed by atoms with E-state index < -0.39 is 0 Å². The Kier molecular flexibility index (Phi) is 5.55. The van der Waals surface area contributed by atoms with Crippen LogP contribution in [0.15, 0.2) is 48.7 Å². The van der Waals surface area contributed by atoms with Crippen molar-refractivity contribution < 1.29 is 9.47 Å². The van der Waals surface area contributed by atoms with Gasteiger partial charge in [0.1, 0.15) is 11.5 Å². The summed E-state index contributed by atoms with van der Waals surface area (Å²) >= 11 is 0. The van der Waals surface area contributed by atoms with Crippen molar-refractivity contribution in [3.8, 4) is 11.5 Å². The number of benzene rings is 2. The maximum Gasteiger partial charge on any atom is 0.249 e. The molecule has 0 amide bonds. The molecule has 27 heavy (non-hydrogen) atoms. The second-order valence-electron chi connectivity index (χ2n) is 5.92. The van der Waals surface area contributed by atoms with E-state index in [0.29, 0.717) is 29.0 Å². The Labute approximate surface area is 158 Å². The lowest BCUT2D eigenvalue weighted by Gasteiger charge is -2.13. The number of methoxy groups -OCH3 is 2. The molecule has 140 valence electrons. The zero-order valence-corrected chi connectivity index (χ0v) is 15.7. The van der Waals surface area contributed by atoms with Gasteiger partial charge in [-0.15, -0.1) is 5.10 Å². The molecule has 0 aliphatic heterocycles. The van der Waals surface area contributed by atoms with Crippen LogP contribution in [0.1, 0.15) is 0 Å². The zero-order valence-electron chi connectivity index (χ0n) is 15.7. The standard InChI is InChI=1S/C19H22N6O2/c1-25(2)14-7-5-13(6-8-14)21-18-12-20-24-19(23-18)22-16-10-9-15(26-3)11-17(16)27-4/h5-12H,1-4H3,(H2,21,22,23,24). The molecular weight excluding hydrogens is 344 g/mol. The first-order chi connectivity index (χ1) is 13.1. The lowest BCUT2D eigenvalue weighted by Crippen LogP contribution is -2.08. The molecule has 3 aromatic rings. The van der Waals surface area contributed by atoms with Gasteiger partial charge in [0, 0.05) is 31.5 Å². The summed E-state index contributed by atoms with van der Waals surface area (Å²) in [5.41, 5.74) is 2.75. The SMILES string of the molecule is COc1ccc(Nc2nncc(Nc3ccc(N(C)C)cc3)n2)c(OC)c1. The van der Waals surface area contributed by atoms with Gasteiger partial charge in [0.05, 0.1) is 26.1 Å². The van der Waals surface area contributed by atoms with E-state index >= 15 is 0 Å². The van der Waals surface area contributed by atoms with Crippen LogP contribution in [0, 0.1) is 0 Å². The molecule has 0 radical (unpaired) electrons. The maximum absolute atomic E-state index is 5.38. The molecule has 2 N–H and O–H groups in total. The molecular formula is C19H22N6O2. The summed E-state index contributed by atoms with van der Waals surface area (Å²) < 4.78 is 10.6. The van der Waals surface area contributed by atoms with Crippen LogP contribution in [0.4, 0.5) is 28.8 Å². The van der Waals surface area contributed by atoms with E-state index in [1.165, 1.54) is 0 Å². The van der Waals surface area contributed by atoms with Gasteiger partial charge in [-0.05, 0) is 36.4 Å². The Morgan fingerprint density at radius 1 is 0.926 bits per heavy atom. The average Bonchev–Trinajstić information content (AvgIpc) is 2.69. The van der Waals surface area contributed by atoms with Gasteiger partial charge in [-0.2, -0.15) is 10.1 Å². The van der Waals surface area contributed by atoms with Gasteiger partial charge in [0.15, 0.2) is 5.82 Å². The summed E-state index contributed by atoms with van der Waals surface area (Å²) in [6, 6.07) is 13.5. The molecule has 0 spiro atoms. The molecule has 1 heterocycles. The quantitative estimate of drug-likeness (QED) is 0.658. The fraction of sp³-hybridized carbons (Fsp3) is 0.211. The number of hydrogen-bond acceptors (Lipinski definition) is 8. The topological polar surface area (TPSA) is 84.4 Å². The molecule has 0 saturated carbocycles. The number of nitrogens with one attached hydrogen (secondary N) is 2. The summed E-state index contributed by atoms with van der Waals surface area (Å²) in [4.78, 5) is 6.49. The van der Waals surface area contributed by atoms with Gasteiger partial charge in [-0.3, -0.25) is 0 Å². The van der Waals surface area contributed by atoms with Crippen molar-refractivity contribution in [3.05, 3.63) is 48.7 Å². The summed E-state index contributed by atoms with van der Waals surface area (Å²) in [6.45, 7) is 0. The predicted octanol–water partition coefficient (Wildman–Crippen LogP) is 3.44. The minimum absolute atomic E-state index is 0.355. The highest BCUT2D eigenvalue weighted by Crippen LogP contribution is 2.30. The third-order valence-electron chi connectivity index (χ3n) is 3.87. The van der Waals surface area contributed by atoms with E-state index in [9.17, 15) is 0 Å². The maximum atomic E-state index is 5.38. The molecule has 0 atom stereocenters. The van der Waals surface area contributed by atoms with Crippen LogP contribution in [0.25, 0.3) is 0 Å². The number of hydrogen-bond donors (Lipinski definition) is 2. The number of aromatic nitrogens is 3. The second kappa shape index (κ2) is 8.22. The van der Waals surface area contributed by atoms with Crippen LogP contribution in [-0.4, -0.2) is 43.5 Å². The van der Waals surface area contributed by atoms with Crippen molar-refractivity contribution in [2.45, 2.75) is 0 Å². The Hall–Kier alpha value is -3.55. The van der Waals surface area contributed by atoms with Crippen LogP contribution >= 0.6 is 0 Å². The van der Waals surface area contributed by atoms with Crippen LogP contribution in [0.3, 0.4) is 0 Å². The van der Waals surface area contributed by atoms with E-state index in [1.54, 1.807) is 26.5 Å². The van der Waals surface area contributed by atoms with Crippen LogP contribution in [0.5, 0.6) is 11.5 Å². The average molecular weight is 366 g/mol. The van der Waals surface area contributed by atoms with Crippen molar-refractivity contribution in [2.24, 2.45) is 0 Å². The number of nitrogens with zero attached hydrogens (tertiary/aromatic N) is 4. The largest absolute Gasteiger partial charge is 0.497 e. The molecule has 0 aliphatic rings. The normalized spacial score (nSPS) is 10.2. The lowest BCUT2D eigenvalue weighted by atomic mass is 10.2. The van der Waals surface area contributed by atoms with Gasteiger partial charge >= 0.3 is 0 Å². The van der Waals surface area contributed by atoms with Crippen LogP contribution in [-0.2, 0) is 0 Å². The summed E-state index contributed by atoms with van der Waals surface area (Å²) in [7, 11) is 7.20. The van der Waals surface area contributed by atoms with Crippen molar-refractivity contribution >= 4 is 28.8 Å². The van der Waals surface area contributed by atoms with E-state index in [2.05, 4.69) is 25.8 Å². The van der Waals surface area contributed by atoms with Crippen molar-refractivity contribution in [3.63, 3.8) is 0 Å². The van der Waals surface area contributed by atoms with Gasteiger partial charge in [-0.1, -0.05) is 0 Å². The first-order valence-electron chi connectivity index (χ1n) is 8.32. The Morgan fingerprint density at radius 2 is 1.70 bits per heavy atom. The molecule has 8 heteroatoms. The predicted molar refractivity (Wildman–Crippen MR) is 107 cm³/mol. The molecule has 0 aliphatic carbocycles. The van der Waals surface area contributed by atoms with Crippen molar-refractivity contribution in [1.82, 2.24) is 15.2 Å². The van der Waals surface area contributed by atoms with Gasteiger partial charge in [-0.25, -0.2) is 0 Å². The highest BCUT2D eigenvalue weighted by molar-refractivity contribution is 5.65. The molecule has 0 unspecified atom stereocenters. The van der Waals surface area contributed by atoms with E-state index in [1.807, 2.05) is 55.4 Å². The lowest BCUT2D eigenvalue weighted by molar-refractivity contribution is 0.395. The summed E-state index contributed by atoms with van der Waals surface area (Å²) in [5, 5.41) is 14.4. The summed E-state index contributed by atoms with van der Waals surface area (Å²) in [6.07, 6.45) is 1.57. The number of ether oxygens (including phenoxy) is 2.